The molecule has 0 aromatic carbocycles. The van der Waals surface area contributed by atoms with E-state index < -0.39 is 0 Å². The largest absolute Gasteiger partial charge is 0.476 e. The Labute approximate surface area is 149 Å². The zero-order valence-corrected chi connectivity index (χ0v) is 14.4. The first-order valence-corrected chi connectivity index (χ1v) is 8.58. The van der Waals surface area contributed by atoms with Gasteiger partial charge in [-0.25, -0.2) is 24.5 Å². The summed E-state index contributed by atoms with van der Waals surface area (Å²) in [4.78, 5) is 19.7. The third-order valence-corrected chi connectivity index (χ3v) is 4.76. The Hall–Kier alpha value is -3.23. The van der Waals surface area contributed by atoms with Gasteiger partial charge in [0.15, 0.2) is 22.6 Å². The molecule has 0 spiro atoms. The van der Waals surface area contributed by atoms with Crippen LogP contribution in [0.15, 0.2) is 37.2 Å². The Morgan fingerprint density at radius 3 is 3.12 bits per heavy atom. The molecule has 0 saturated carbocycles. The van der Waals surface area contributed by atoms with E-state index in [4.69, 9.17) is 4.74 Å². The molecule has 132 valence electrons. The Bertz CT molecular complexity index is 1070. The smallest absolute Gasteiger partial charge is 0.231 e. The first kappa shape index (κ1) is 15.1. The van der Waals surface area contributed by atoms with Gasteiger partial charge in [0.25, 0.3) is 0 Å². The van der Waals surface area contributed by atoms with Crippen LogP contribution in [0.5, 0.6) is 5.88 Å². The fraction of sp³-hybridized carbons (Fsp3) is 0.353. The van der Waals surface area contributed by atoms with E-state index in [0.717, 1.165) is 42.1 Å². The third-order valence-electron chi connectivity index (χ3n) is 4.76. The lowest BCUT2D eigenvalue weighted by molar-refractivity contribution is 0.249. The molecule has 26 heavy (non-hydrogen) atoms. The Balaban J connectivity index is 1.28. The summed E-state index contributed by atoms with van der Waals surface area (Å²) in [5.41, 5.74) is 2.52. The fourth-order valence-corrected chi connectivity index (χ4v) is 3.40. The van der Waals surface area contributed by atoms with Gasteiger partial charge in [0.1, 0.15) is 6.33 Å². The normalized spacial score (nSPS) is 17.4. The van der Waals surface area contributed by atoms with E-state index in [0.29, 0.717) is 18.4 Å². The molecule has 9 nitrogen and oxygen atoms in total. The van der Waals surface area contributed by atoms with E-state index >= 15 is 0 Å². The molecule has 1 unspecified atom stereocenters. The zero-order valence-electron chi connectivity index (χ0n) is 14.4. The maximum atomic E-state index is 5.90. The molecular formula is C17H18N8O. The Morgan fingerprint density at radius 1 is 1.19 bits per heavy atom. The summed E-state index contributed by atoms with van der Waals surface area (Å²) in [7, 11) is 1.94. The molecule has 4 aromatic heterocycles. The van der Waals surface area contributed by atoms with Gasteiger partial charge in [0, 0.05) is 44.5 Å². The van der Waals surface area contributed by atoms with Crippen LogP contribution in [0.3, 0.4) is 0 Å². The number of fused-ring (bicyclic) bond motifs is 2. The fourth-order valence-electron chi connectivity index (χ4n) is 3.40. The molecule has 0 amide bonds. The minimum atomic E-state index is 0.420. The van der Waals surface area contributed by atoms with Gasteiger partial charge in [0.05, 0.1) is 12.9 Å². The van der Waals surface area contributed by atoms with Gasteiger partial charge >= 0.3 is 0 Å². The van der Waals surface area contributed by atoms with Crippen molar-refractivity contribution in [2.45, 2.75) is 6.42 Å². The number of hydrogen-bond donors (Lipinski definition) is 0. The predicted molar refractivity (Wildman–Crippen MR) is 95.1 cm³/mol. The van der Waals surface area contributed by atoms with Crippen LogP contribution >= 0.6 is 0 Å². The van der Waals surface area contributed by atoms with Gasteiger partial charge < -0.3 is 14.2 Å². The van der Waals surface area contributed by atoms with Crippen molar-refractivity contribution < 1.29 is 4.74 Å². The van der Waals surface area contributed by atoms with E-state index in [1.54, 1.807) is 23.4 Å². The minimum absolute atomic E-state index is 0.420. The molecule has 5 heterocycles. The lowest BCUT2D eigenvalue weighted by Gasteiger charge is -2.17. The van der Waals surface area contributed by atoms with Crippen molar-refractivity contribution in [2.24, 2.45) is 13.0 Å². The summed E-state index contributed by atoms with van der Waals surface area (Å²) in [6.07, 6.45) is 7.96. The molecule has 9 heteroatoms. The molecule has 0 N–H and O–H groups in total. The standard InChI is InChI=1S/C17H18N8O/c1-23-11-21-15-16(23)19-10-20-17(15)24-6-4-12(8-24)9-26-14-3-2-13-18-5-7-25(13)22-14/h2-3,5,7,10-12H,4,6,8-9H2,1H3. The highest BCUT2D eigenvalue weighted by atomic mass is 16.5. The van der Waals surface area contributed by atoms with Crippen molar-refractivity contribution in [3.05, 3.63) is 37.2 Å². The Morgan fingerprint density at radius 2 is 2.15 bits per heavy atom. The van der Waals surface area contributed by atoms with Gasteiger partial charge in [-0.1, -0.05) is 0 Å². The van der Waals surface area contributed by atoms with Crippen molar-refractivity contribution in [2.75, 3.05) is 24.6 Å². The highest BCUT2D eigenvalue weighted by molar-refractivity contribution is 5.83. The molecule has 1 atom stereocenters. The van der Waals surface area contributed by atoms with Crippen LogP contribution in [0.4, 0.5) is 5.82 Å². The van der Waals surface area contributed by atoms with E-state index in [9.17, 15) is 0 Å². The second-order valence-electron chi connectivity index (χ2n) is 6.54. The monoisotopic (exact) mass is 350 g/mol. The van der Waals surface area contributed by atoms with Crippen molar-refractivity contribution in [3.8, 4) is 5.88 Å². The molecule has 0 radical (unpaired) electrons. The molecule has 1 aliphatic rings. The number of rotatable bonds is 4. The van der Waals surface area contributed by atoms with E-state index in [2.05, 4.69) is 29.9 Å². The van der Waals surface area contributed by atoms with E-state index in [-0.39, 0.29) is 0 Å². The van der Waals surface area contributed by atoms with Crippen molar-refractivity contribution in [1.82, 2.24) is 34.1 Å². The molecule has 1 saturated heterocycles. The highest BCUT2D eigenvalue weighted by Crippen LogP contribution is 2.27. The van der Waals surface area contributed by atoms with Crippen LogP contribution < -0.4 is 9.64 Å². The summed E-state index contributed by atoms with van der Waals surface area (Å²) in [5, 5.41) is 4.40. The van der Waals surface area contributed by atoms with Crippen LogP contribution in [0.1, 0.15) is 6.42 Å². The molecule has 1 fully saturated rings. The van der Waals surface area contributed by atoms with Crippen LogP contribution in [0.2, 0.25) is 0 Å². The summed E-state index contributed by atoms with van der Waals surface area (Å²) in [5.74, 6) is 1.93. The molecule has 4 aromatic rings. The summed E-state index contributed by atoms with van der Waals surface area (Å²) in [6.45, 7) is 2.45. The van der Waals surface area contributed by atoms with Gasteiger partial charge in [-0.3, -0.25) is 0 Å². The van der Waals surface area contributed by atoms with Gasteiger partial charge in [-0.2, -0.15) is 0 Å². The van der Waals surface area contributed by atoms with Crippen LogP contribution in [0.25, 0.3) is 16.8 Å². The van der Waals surface area contributed by atoms with Crippen LogP contribution in [0, 0.1) is 5.92 Å². The number of nitrogens with zero attached hydrogens (tertiary/aromatic N) is 8. The van der Waals surface area contributed by atoms with Crippen LogP contribution in [-0.4, -0.2) is 53.8 Å². The number of ether oxygens (including phenoxy) is 1. The third kappa shape index (κ3) is 2.52. The molecule has 5 rings (SSSR count). The maximum absolute atomic E-state index is 5.90. The lowest BCUT2D eigenvalue weighted by Crippen LogP contribution is -2.23. The van der Waals surface area contributed by atoms with E-state index in [1.807, 2.05) is 29.9 Å². The Kier molecular flexibility index (Phi) is 3.44. The summed E-state index contributed by atoms with van der Waals surface area (Å²) in [6, 6.07) is 3.76. The maximum Gasteiger partial charge on any atom is 0.231 e. The first-order chi connectivity index (χ1) is 12.8. The number of anilines is 1. The molecule has 1 aliphatic heterocycles. The van der Waals surface area contributed by atoms with Crippen molar-refractivity contribution in [3.63, 3.8) is 0 Å². The van der Waals surface area contributed by atoms with Gasteiger partial charge in [-0.15, -0.1) is 5.10 Å². The molecular weight excluding hydrogens is 332 g/mol. The summed E-state index contributed by atoms with van der Waals surface area (Å²) < 4.78 is 9.53. The SMILES string of the molecule is Cn1cnc2c(N3CCC(COc4ccc5nccn5n4)C3)ncnc21. The van der Waals surface area contributed by atoms with Crippen LogP contribution in [-0.2, 0) is 7.05 Å². The van der Waals surface area contributed by atoms with Crippen molar-refractivity contribution >= 4 is 22.6 Å². The highest BCUT2D eigenvalue weighted by Gasteiger charge is 2.26. The number of aryl methyl sites for hydroxylation is 1. The predicted octanol–water partition coefficient (Wildman–Crippen LogP) is 1.31. The minimum Gasteiger partial charge on any atom is -0.476 e. The number of imidazole rings is 2. The second kappa shape index (κ2) is 5.94. The van der Waals surface area contributed by atoms with Gasteiger partial charge in [-0.05, 0) is 12.5 Å². The van der Waals surface area contributed by atoms with Gasteiger partial charge in [0.2, 0.25) is 5.88 Å². The lowest BCUT2D eigenvalue weighted by atomic mass is 10.1. The number of aromatic nitrogens is 7. The van der Waals surface area contributed by atoms with E-state index in [1.165, 1.54) is 0 Å². The first-order valence-electron chi connectivity index (χ1n) is 8.58. The number of hydrogen-bond acceptors (Lipinski definition) is 7. The molecule has 0 aliphatic carbocycles. The topological polar surface area (TPSA) is 86.3 Å². The second-order valence-corrected chi connectivity index (χ2v) is 6.54. The van der Waals surface area contributed by atoms with Crippen molar-refractivity contribution in [1.29, 1.82) is 0 Å². The average molecular weight is 350 g/mol. The average Bonchev–Trinajstić information content (AvgIpc) is 3.39. The zero-order chi connectivity index (χ0) is 17.5. The molecule has 0 bridgehead atoms. The summed E-state index contributed by atoms with van der Waals surface area (Å²) >= 11 is 0. The quantitative estimate of drug-likeness (QED) is 0.548.